The Labute approximate surface area is 135 Å². The van der Waals surface area contributed by atoms with Gasteiger partial charge in [-0.05, 0) is 32.0 Å². The van der Waals surface area contributed by atoms with E-state index in [0.717, 1.165) is 19.8 Å². The van der Waals surface area contributed by atoms with E-state index in [1.54, 1.807) is 0 Å². The summed E-state index contributed by atoms with van der Waals surface area (Å²) in [5, 5.41) is 0. The number of unbranched alkanes of at least 4 members (excludes halogenated alkanes) is 5. The Balaban J connectivity index is 1.41. The third-order valence-corrected chi connectivity index (χ3v) is 4.41. The minimum absolute atomic E-state index is 1.07. The molecule has 0 radical (unpaired) electrons. The van der Waals surface area contributed by atoms with Crippen LogP contribution in [0.5, 0.6) is 0 Å². The van der Waals surface area contributed by atoms with Crippen LogP contribution in [0.3, 0.4) is 0 Å². The summed E-state index contributed by atoms with van der Waals surface area (Å²) in [6.07, 6.45) is 18.1. The number of rotatable bonds is 11. The summed E-state index contributed by atoms with van der Waals surface area (Å²) in [7, 11) is 0. The van der Waals surface area contributed by atoms with Gasteiger partial charge < -0.3 is 4.90 Å². The maximum atomic E-state index is 3.83. The molecule has 0 aromatic carbocycles. The fourth-order valence-electron chi connectivity index (χ4n) is 2.99. The fraction of sp³-hybridized carbons (Fsp3) is 0.611. The van der Waals surface area contributed by atoms with Gasteiger partial charge in [0.2, 0.25) is 6.33 Å². The molecule has 1 aliphatic heterocycles. The number of hydrogen-bond donors (Lipinski definition) is 0. The molecule has 4 nitrogen and oxygen atoms in total. The third-order valence-electron chi connectivity index (χ3n) is 4.41. The molecule has 0 saturated carbocycles. The number of aryl methyl sites for hydroxylation is 1. The Hall–Kier alpha value is -1.55. The first-order chi connectivity index (χ1) is 10.8. The summed E-state index contributed by atoms with van der Waals surface area (Å²) >= 11 is 0. The average Bonchev–Trinajstić information content (AvgIpc) is 3.18. The van der Waals surface area contributed by atoms with Crippen molar-refractivity contribution in [1.29, 1.82) is 0 Å². The van der Waals surface area contributed by atoms with E-state index in [4.69, 9.17) is 0 Å². The SMILES string of the molecule is C=CN1CCN(CCCCCCCC[n+]2ccn(C=C)c2)C1. The van der Waals surface area contributed by atoms with E-state index in [1.807, 2.05) is 23.2 Å². The number of nitrogens with zero attached hydrogens (tertiary/aromatic N) is 4. The Bertz CT molecular complexity index is 452. The molecule has 2 rings (SSSR count). The highest BCUT2D eigenvalue weighted by molar-refractivity contribution is 5.12. The largest absolute Gasteiger partial charge is 0.364 e. The molecule has 0 unspecified atom stereocenters. The van der Waals surface area contributed by atoms with Gasteiger partial charge in [0.15, 0.2) is 0 Å². The lowest BCUT2D eigenvalue weighted by Crippen LogP contribution is -2.30. The zero-order valence-corrected chi connectivity index (χ0v) is 13.9. The van der Waals surface area contributed by atoms with Gasteiger partial charge in [0.05, 0.1) is 19.4 Å². The molecule has 0 atom stereocenters. The molecule has 122 valence electrons. The molecular weight excluding hydrogens is 272 g/mol. The Morgan fingerprint density at radius 2 is 1.73 bits per heavy atom. The zero-order chi connectivity index (χ0) is 15.6. The minimum atomic E-state index is 1.07. The maximum absolute atomic E-state index is 3.83. The van der Waals surface area contributed by atoms with Gasteiger partial charge in [0.1, 0.15) is 12.4 Å². The molecule has 1 aliphatic rings. The molecule has 22 heavy (non-hydrogen) atoms. The summed E-state index contributed by atoms with van der Waals surface area (Å²) in [4.78, 5) is 4.82. The molecule has 1 fully saturated rings. The van der Waals surface area contributed by atoms with Crippen molar-refractivity contribution < 1.29 is 4.57 Å². The van der Waals surface area contributed by atoms with Crippen molar-refractivity contribution in [1.82, 2.24) is 14.4 Å². The van der Waals surface area contributed by atoms with Crippen LogP contribution in [0.2, 0.25) is 0 Å². The van der Waals surface area contributed by atoms with Crippen LogP contribution < -0.4 is 4.57 Å². The first kappa shape index (κ1) is 16.8. The van der Waals surface area contributed by atoms with Crippen molar-refractivity contribution in [3.63, 3.8) is 0 Å². The smallest absolute Gasteiger partial charge is 0.248 e. The van der Waals surface area contributed by atoms with Crippen molar-refractivity contribution in [3.8, 4) is 0 Å². The predicted molar refractivity (Wildman–Crippen MR) is 92.1 cm³/mol. The van der Waals surface area contributed by atoms with Crippen LogP contribution in [0.15, 0.2) is 38.1 Å². The Morgan fingerprint density at radius 3 is 2.41 bits per heavy atom. The van der Waals surface area contributed by atoms with E-state index in [1.165, 1.54) is 51.6 Å². The first-order valence-corrected chi connectivity index (χ1v) is 8.60. The number of aromatic nitrogens is 2. The molecule has 4 heteroatoms. The molecule has 0 aliphatic carbocycles. The normalized spacial score (nSPS) is 15.4. The molecule has 0 bridgehead atoms. The fourth-order valence-corrected chi connectivity index (χ4v) is 2.99. The van der Waals surface area contributed by atoms with Crippen molar-refractivity contribution >= 4 is 6.20 Å². The number of hydrogen-bond acceptors (Lipinski definition) is 2. The van der Waals surface area contributed by atoms with Crippen molar-refractivity contribution in [2.75, 3.05) is 26.3 Å². The second-order valence-electron chi connectivity index (χ2n) is 6.16. The minimum Gasteiger partial charge on any atom is -0.364 e. The second-order valence-corrected chi connectivity index (χ2v) is 6.16. The summed E-state index contributed by atoms with van der Waals surface area (Å²) in [6.45, 7) is 13.4. The molecule has 2 heterocycles. The second kappa shape index (κ2) is 9.46. The van der Waals surface area contributed by atoms with Gasteiger partial charge in [-0.25, -0.2) is 9.13 Å². The maximum Gasteiger partial charge on any atom is 0.248 e. The van der Waals surface area contributed by atoms with Crippen LogP contribution in [-0.2, 0) is 6.54 Å². The highest BCUT2D eigenvalue weighted by Gasteiger charge is 2.15. The summed E-state index contributed by atoms with van der Waals surface area (Å²) in [6, 6.07) is 0. The van der Waals surface area contributed by atoms with Crippen LogP contribution in [0.4, 0.5) is 0 Å². The molecule has 1 saturated heterocycles. The molecule has 0 spiro atoms. The lowest BCUT2D eigenvalue weighted by molar-refractivity contribution is -0.696. The summed E-state index contributed by atoms with van der Waals surface area (Å²) in [5.41, 5.74) is 0. The van der Waals surface area contributed by atoms with Crippen molar-refractivity contribution in [2.24, 2.45) is 0 Å². The lowest BCUT2D eigenvalue weighted by Gasteiger charge is -2.15. The van der Waals surface area contributed by atoms with E-state index in [0.29, 0.717) is 0 Å². The van der Waals surface area contributed by atoms with Crippen LogP contribution in [0.25, 0.3) is 6.20 Å². The monoisotopic (exact) mass is 303 g/mol. The Kier molecular flexibility index (Phi) is 7.23. The molecular formula is C18H31N4+. The van der Waals surface area contributed by atoms with Gasteiger partial charge in [-0.3, -0.25) is 4.90 Å². The highest BCUT2D eigenvalue weighted by Crippen LogP contribution is 2.09. The number of imidazole rings is 1. The van der Waals surface area contributed by atoms with Gasteiger partial charge in [-0.1, -0.05) is 32.4 Å². The van der Waals surface area contributed by atoms with Gasteiger partial charge in [-0.2, -0.15) is 0 Å². The van der Waals surface area contributed by atoms with Gasteiger partial charge >= 0.3 is 0 Å². The third kappa shape index (κ3) is 5.68. The quantitative estimate of drug-likeness (QED) is 0.461. The van der Waals surface area contributed by atoms with Crippen LogP contribution in [0.1, 0.15) is 38.5 Å². The van der Waals surface area contributed by atoms with E-state index in [2.05, 4.69) is 40.0 Å². The summed E-state index contributed by atoms with van der Waals surface area (Å²) in [5.74, 6) is 0. The standard InChI is InChI=1S/C18H31N4/c1-3-19-13-15-21(17-19)11-9-7-5-6-8-10-12-22-16-14-20(4-2)18-22/h3-4,13,15,17H,1-2,5-12,14,16,18H2/q+1. The van der Waals surface area contributed by atoms with E-state index in [-0.39, 0.29) is 0 Å². The van der Waals surface area contributed by atoms with Crippen LogP contribution >= 0.6 is 0 Å². The Morgan fingerprint density at radius 1 is 0.955 bits per heavy atom. The highest BCUT2D eigenvalue weighted by atomic mass is 15.4. The van der Waals surface area contributed by atoms with E-state index < -0.39 is 0 Å². The zero-order valence-electron chi connectivity index (χ0n) is 13.9. The molecule has 0 N–H and O–H groups in total. The molecule has 1 aromatic heterocycles. The van der Waals surface area contributed by atoms with Gasteiger partial charge in [0, 0.05) is 13.1 Å². The van der Waals surface area contributed by atoms with Gasteiger partial charge in [-0.15, -0.1) is 0 Å². The lowest BCUT2D eigenvalue weighted by atomic mass is 10.1. The average molecular weight is 303 g/mol. The van der Waals surface area contributed by atoms with Crippen LogP contribution in [0, 0.1) is 0 Å². The van der Waals surface area contributed by atoms with Crippen LogP contribution in [-0.4, -0.2) is 40.7 Å². The topological polar surface area (TPSA) is 15.3 Å². The van der Waals surface area contributed by atoms with Gasteiger partial charge in [0.25, 0.3) is 0 Å². The molecule has 1 aromatic rings. The van der Waals surface area contributed by atoms with E-state index >= 15 is 0 Å². The van der Waals surface area contributed by atoms with Crippen molar-refractivity contribution in [3.05, 3.63) is 38.1 Å². The predicted octanol–water partition coefficient (Wildman–Crippen LogP) is 2.94. The first-order valence-electron chi connectivity index (χ1n) is 8.60. The summed E-state index contributed by atoms with van der Waals surface area (Å²) < 4.78 is 4.23. The van der Waals surface area contributed by atoms with E-state index in [9.17, 15) is 0 Å². The van der Waals surface area contributed by atoms with Crippen molar-refractivity contribution in [2.45, 2.75) is 45.1 Å². The molecule has 0 amide bonds.